The number of para-hydroxylation sites is 1. The molecule has 0 bridgehead atoms. The van der Waals surface area contributed by atoms with E-state index >= 15 is 0 Å². The lowest BCUT2D eigenvalue weighted by Crippen LogP contribution is -2.21. The Hall–Kier alpha value is -3.36. The number of hydrogen-bond acceptors (Lipinski definition) is 6. The van der Waals surface area contributed by atoms with E-state index in [-0.39, 0.29) is 24.1 Å². The van der Waals surface area contributed by atoms with E-state index in [0.717, 1.165) is 28.8 Å². The van der Waals surface area contributed by atoms with Crippen molar-refractivity contribution >= 4 is 29.4 Å². The highest BCUT2D eigenvalue weighted by atomic mass is 35.5. The molecule has 0 saturated carbocycles. The Morgan fingerprint density at radius 2 is 2.00 bits per heavy atom. The van der Waals surface area contributed by atoms with E-state index in [4.69, 9.17) is 19.9 Å². The second-order valence-electron chi connectivity index (χ2n) is 8.07. The lowest BCUT2D eigenvalue weighted by molar-refractivity contribution is 0.0994. The van der Waals surface area contributed by atoms with Crippen LogP contribution in [0.4, 0.5) is 0 Å². The maximum atomic E-state index is 11.4. The number of ether oxygens (including phenoxy) is 1. The van der Waals surface area contributed by atoms with Gasteiger partial charge in [-0.3, -0.25) is 4.79 Å². The van der Waals surface area contributed by atoms with E-state index in [1.807, 2.05) is 42.5 Å². The molecule has 0 aliphatic rings. The molecule has 0 saturated heterocycles. The van der Waals surface area contributed by atoms with Gasteiger partial charge in [0.25, 0.3) is 5.91 Å². The summed E-state index contributed by atoms with van der Waals surface area (Å²) < 4.78 is 13.4. The summed E-state index contributed by atoms with van der Waals surface area (Å²) in [7, 11) is 0. The lowest BCUT2D eigenvalue weighted by atomic mass is 10.0. The Morgan fingerprint density at radius 1 is 1.24 bits per heavy atom. The minimum Gasteiger partial charge on any atom is -0.494 e. The number of aliphatic hydroxyl groups excluding tert-OH is 1. The number of nitrogens with two attached hydrogens (primary N) is 1. The highest BCUT2D eigenvalue weighted by molar-refractivity contribution is 5.90. The molecule has 34 heavy (non-hydrogen) atoms. The quantitative estimate of drug-likeness (QED) is 0.341. The van der Waals surface area contributed by atoms with Crippen LogP contribution in [0.3, 0.4) is 0 Å². The number of primary amides is 1. The number of imidazole rings is 1. The fourth-order valence-corrected chi connectivity index (χ4v) is 3.83. The summed E-state index contributed by atoms with van der Waals surface area (Å²) in [5, 5.41) is 10.3. The molecule has 9 heteroatoms. The molecule has 3 N–H and O–H groups in total. The third kappa shape index (κ3) is 5.58. The Labute approximate surface area is 204 Å². The maximum absolute atomic E-state index is 11.4. The third-order valence-corrected chi connectivity index (χ3v) is 5.58. The molecule has 4 rings (SSSR count). The van der Waals surface area contributed by atoms with Gasteiger partial charge in [0.15, 0.2) is 5.58 Å². The van der Waals surface area contributed by atoms with Crippen molar-refractivity contribution in [1.82, 2.24) is 14.5 Å². The number of aromatic nitrogens is 3. The van der Waals surface area contributed by atoms with Crippen molar-refractivity contribution in [3.63, 3.8) is 0 Å². The van der Waals surface area contributed by atoms with Crippen LogP contribution in [0.2, 0.25) is 0 Å². The lowest BCUT2D eigenvalue weighted by Gasteiger charge is -2.21. The standard InChI is InChI=1S/C25H28N4O4.ClH/c1-3-13-32-19-10-7-18(8-11-19)25-28-23-17(5-4-6-22(23)33-25)9-12-21(16(2)30)29-14-20(24(26)31)27-15-29;/h4-8,10-11,14-16,21,30H,3,9,12-13H2,1-2H3,(H2,26,31);1H/t16-,21+;/m0./s1. The van der Waals surface area contributed by atoms with Crippen molar-refractivity contribution in [2.45, 2.75) is 45.3 Å². The molecule has 2 aromatic carbocycles. The van der Waals surface area contributed by atoms with Crippen LogP contribution in [0.5, 0.6) is 5.75 Å². The second-order valence-corrected chi connectivity index (χ2v) is 8.07. The van der Waals surface area contributed by atoms with E-state index in [9.17, 15) is 9.90 Å². The summed E-state index contributed by atoms with van der Waals surface area (Å²) in [4.78, 5) is 20.1. The topological polar surface area (TPSA) is 116 Å². The largest absolute Gasteiger partial charge is 0.494 e. The van der Waals surface area contributed by atoms with E-state index in [0.29, 0.717) is 30.9 Å². The van der Waals surface area contributed by atoms with Gasteiger partial charge in [-0.05, 0) is 62.1 Å². The average molecular weight is 485 g/mol. The maximum Gasteiger partial charge on any atom is 0.268 e. The van der Waals surface area contributed by atoms with Gasteiger partial charge < -0.3 is 24.6 Å². The van der Waals surface area contributed by atoms with E-state index in [2.05, 4.69) is 11.9 Å². The molecule has 2 heterocycles. The summed E-state index contributed by atoms with van der Waals surface area (Å²) >= 11 is 0. The number of benzene rings is 2. The van der Waals surface area contributed by atoms with Crippen molar-refractivity contribution < 1.29 is 19.1 Å². The number of nitrogens with zero attached hydrogens (tertiary/aromatic N) is 3. The van der Waals surface area contributed by atoms with Gasteiger partial charge in [0.05, 0.1) is 25.1 Å². The summed E-state index contributed by atoms with van der Waals surface area (Å²) in [5.74, 6) is 0.774. The number of rotatable bonds is 10. The van der Waals surface area contributed by atoms with E-state index < -0.39 is 12.0 Å². The van der Waals surface area contributed by atoms with Crippen LogP contribution in [-0.4, -0.2) is 38.3 Å². The number of aliphatic hydroxyl groups is 1. The Bertz CT molecular complexity index is 1230. The smallest absolute Gasteiger partial charge is 0.268 e. The molecule has 2 atom stereocenters. The highest BCUT2D eigenvalue weighted by Crippen LogP contribution is 2.29. The second kappa shape index (κ2) is 11.2. The average Bonchev–Trinajstić information content (AvgIpc) is 3.46. The highest BCUT2D eigenvalue weighted by Gasteiger charge is 2.20. The number of fused-ring (bicyclic) bond motifs is 1. The zero-order valence-electron chi connectivity index (χ0n) is 19.2. The third-order valence-electron chi connectivity index (χ3n) is 5.58. The van der Waals surface area contributed by atoms with Crippen LogP contribution in [0.1, 0.15) is 48.8 Å². The molecule has 2 aromatic heterocycles. The SMILES string of the molecule is CCCOc1ccc(-c2nc3c(CC[C@H]([C@H](C)O)n4cnc(C(N)=O)c4)cccc3o2)cc1.Cl. The van der Waals surface area contributed by atoms with Crippen LogP contribution in [0, 0.1) is 0 Å². The summed E-state index contributed by atoms with van der Waals surface area (Å²) in [6.07, 6.45) is 4.70. The molecule has 8 nitrogen and oxygen atoms in total. The van der Waals surface area contributed by atoms with E-state index in [1.54, 1.807) is 17.7 Å². The zero-order chi connectivity index (χ0) is 23.4. The molecule has 1 amide bonds. The van der Waals surface area contributed by atoms with Gasteiger partial charge in [-0.1, -0.05) is 19.1 Å². The number of hydrogen-bond donors (Lipinski definition) is 2. The molecule has 0 fully saturated rings. The molecule has 0 unspecified atom stereocenters. The molecule has 0 spiro atoms. The number of carbonyl (C=O) groups is 1. The minimum absolute atomic E-state index is 0. The normalized spacial score (nSPS) is 12.8. The van der Waals surface area contributed by atoms with Gasteiger partial charge in [0.2, 0.25) is 5.89 Å². The fraction of sp³-hybridized carbons (Fsp3) is 0.320. The van der Waals surface area contributed by atoms with Gasteiger partial charge >= 0.3 is 0 Å². The zero-order valence-corrected chi connectivity index (χ0v) is 20.0. The van der Waals surface area contributed by atoms with Crippen molar-refractivity contribution in [1.29, 1.82) is 0 Å². The molecular weight excluding hydrogens is 456 g/mol. The first-order chi connectivity index (χ1) is 16.0. The molecule has 4 aromatic rings. The monoisotopic (exact) mass is 484 g/mol. The van der Waals surface area contributed by atoms with Crippen molar-refractivity contribution in [2.24, 2.45) is 5.73 Å². The van der Waals surface area contributed by atoms with Crippen LogP contribution >= 0.6 is 12.4 Å². The fourth-order valence-electron chi connectivity index (χ4n) is 3.83. The number of amides is 1. The van der Waals surface area contributed by atoms with E-state index in [1.165, 1.54) is 6.33 Å². The van der Waals surface area contributed by atoms with Crippen LogP contribution in [0.25, 0.3) is 22.6 Å². The van der Waals surface area contributed by atoms with Crippen LogP contribution in [0.15, 0.2) is 59.4 Å². The molecule has 180 valence electrons. The Kier molecular flexibility index (Phi) is 8.31. The van der Waals surface area contributed by atoms with Gasteiger partial charge in [-0.25, -0.2) is 9.97 Å². The van der Waals surface area contributed by atoms with Gasteiger partial charge in [0, 0.05) is 11.8 Å². The summed E-state index contributed by atoms with van der Waals surface area (Å²) in [5.41, 5.74) is 8.89. The minimum atomic E-state index is -0.638. The van der Waals surface area contributed by atoms with Crippen molar-refractivity contribution in [3.8, 4) is 17.2 Å². The molecular formula is C25H29ClN4O4. The Balaban J connectivity index is 0.00000324. The molecule has 0 aliphatic heterocycles. The summed E-state index contributed by atoms with van der Waals surface area (Å²) in [6, 6.07) is 13.3. The first-order valence-electron chi connectivity index (χ1n) is 11.1. The predicted molar refractivity (Wildman–Crippen MR) is 132 cm³/mol. The number of aryl methyl sites for hydroxylation is 1. The number of halogens is 1. The van der Waals surface area contributed by atoms with Crippen molar-refractivity contribution in [2.75, 3.05) is 6.61 Å². The van der Waals surface area contributed by atoms with Crippen LogP contribution < -0.4 is 10.5 Å². The Morgan fingerprint density at radius 3 is 2.65 bits per heavy atom. The number of oxazole rings is 1. The predicted octanol–water partition coefficient (Wildman–Crippen LogP) is 4.56. The van der Waals surface area contributed by atoms with Crippen molar-refractivity contribution in [3.05, 3.63) is 66.2 Å². The first kappa shape index (κ1) is 25.3. The molecule has 0 radical (unpaired) electrons. The van der Waals surface area contributed by atoms with Crippen LogP contribution in [-0.2, 0) is 6.42 Å². The summed E-state index contributed by atoms with van der Waals surface area (Å²) in [6.45, 7) is 4.47. The number of carbonyl (C=O) groups excluding carboxylic acids is 1. The first-order valence-corrected chi connectivity index (χ1v) is 11.1. The van der Waals surface area contributed by atoms with Gasteiger partial charge in [0.1, 0.15) is 17.0 Å². The molecule has 0 aliphatic carbocycles. The van der Waals surface area contributed by atoms with Gasteiger partial charge in [-0.15, -0.1) is 12.4 Å². The van der Waals surface area contributed by atoms with Gasteiger partial charge in [-0.2, -0.15) is 0 Å².